The molecule has 1 unspecified atom stereocenters. The van der Waals surface area contributed by atoms with Crippen molar-refractivity contribution >= 4 is 17.9 Å². The van der Waals surface area contributed by atoms with Gasteiger partial charge in [-0.2, -0.15) is 0 Å². The van der Waals surface area contributed by atoms with Gasteiger partial charge in [-0.1, -0.05) is 290 Å². The van der Waals surface area contributed by atoms with Gasteiger partial charge in [0.05, 0.1) is 0 Å². The molecule has 0 aromatic heterocycles. The van der Waals surface area contributed by atoms with E-state index in [9.17, 15) is 14.4 Å². The third-order valence-electron chi connectivity index (χ3n) is 13.7. The molecule has 444 valence electrons. The summed E-state index contributed by atoms with van der Waals surface area (Å²) in [5.74, 6) is -0.918. The largest absolute Gasteiger partial charge is 0.462 e. The zero-order chi connectivity index (χ0) is 56.4. The first-order chi connectivity index (χ1) is 38.5. The summed E-state index contributed by atoms with van der Waals surface area (Å²) in [6.07, 6.45) is 90.7. The van der Waals surface area contributed by atoms with Gasteiger partial charge in [0.1, 0.15) is 13.2 Å². The van der Waals surface area contributed by atoms with Crippen LogP contribution < -0.4 is 0 Å². The smallest absolute Gasteiger partial charge is 0.306 e. The summed E-state index contributed by atoms with van der Waals surface area (Å²) < 4.78 is 16.9. The molecule has 6 heteroatoms. The van der Waals surface area contributed by atoms with E-state index in [0.29, 0.717) is 19.3 Å². The zero-order valence-electron chi connectivity index (χ0n) is 50.9. The summed E-state index contributed by atoms with van der Waals surface area (Å²) in [4.78, 5) is 38.3. The van der Waals surface area contributed by atoms with Gasteiger partial charge >= 0.3 is 17.9 Å². The molecule has 0 aliphatic heterocycles. The first kappa shape index (κ1) is 73.8. The molecule has 6 nitrogen and oxygen atoms in total. The maximum Gasteiger partial charge on any atom is 0.306 e. The van der Waals surface area contributed by atoms with E-state index < -0.39 is 6.10 Å². The lowest BCUT2D eigenvalue weighted by atomic mass is 10.0. The molecule has 1 atom stereocenters. The number of allylic oxidation sites excluding steroid dienone is 20. The van der Waals surface area contributed by atoms with Crippen molar-refractivity contribution in [1.82, 2.24) is 0 Å². The average molecular weight is 1080 g/mol. The van der Waals surface area contributed by atoms with Crippen LogP contribution in [-0.4, -0.2) is 37.2 Å². The molecule has 78 heavy (non-hydrogen) atoms. The number of carbonyl (C=O) groups is 3. The fraction of sp³-hybridized carbons (Fsp3) is 0.681. The van der Waals surface area contributed by atoms with E-state index in [-0.39, 0.29) is 31.1 Å². The molecular weight excluding hydrogens is 961 g/mol. The number of hydrogen-bond acceptors (Lipinski definition) is 6. The van der Waals surface area contributed by atoms with Crippen LogP contribution in [0.2, 0.25) is 0 Å². The highest BCUT2D eigenvalue weighted by atomic mass is 16.6. The van der Waals surface area contributed by atoms with Crippen LogP contribution in [-0.2, 0) is 28.6 Å². The minimum absolute atomic E-state index is 0.0902. The van der Waals surface area contributed by atoms with Crippen LogP contribution in [0.5, 0.6) is 0 Å². The lowest BCUT2D eigenvalue weighted by Crippen LogP contribution is -2.30. The average Bonchev–Trinajstić information content (AvgIpc) is 3.44. The number of unbranched alkanes of at least 4 members (excludes halogenated alkanes) is 27. The molecule has 0 aliphatic carbocycles. The quantitative estimate of drug-likeness (QED) is 0.0261. The van der Waals surface area contributed by atoms with Crippen molar-refractivity contribution in [3.05, 3.63) is 122 Å². The van der Waals surface area contributed by atoms with Crippen molar-refractivity contribution < 1.29 is 28.6 Å². The van der Waals surface area contributed by atoms with Crippen LogP contribution in [0.25, 0.3) is 0 Å². The summed E-state index contributed by atoms with van der Waals surface area (Å²) in [7, 11) is 0. The Morgan fingerprint density at radius 1 is 0.269 bits per heavy atom. The maximum absolute atomic E-state index is 12.9. The van der Waals surface area contributed by atoms with E-state index in [1.165, 1.54) is 122 Å². The molecule has 0 fully saturated rings. The normalized spacial score (nSPS) is 12.9. The van der Waals surface area contributed by atoms with Crippen molar-refractivity contribution in [1.29, 1.82) is 0 Å². The second-order valence-electron chi connectivity index (χ2n) is 21.3. The molecule has 0 rings (SSSR count). The fourth-order valence-corrected chi connectivity index (χ4v) is 8.91. The van der Waals surface area contributed by atoms with Gasteiger partial charge in [-0.3, -0.25) is 14.4 Å². The second kappa shape index (κ2) is 65.3. The minimum Gasteiger partial charge on any atom is -0.462 e. The number of rotatable bonds is 58. The van der Waals surface area contributed by atoms with E-state index in [1.54, 1.807) is 0 Å². The van der Waals surface area contributed by atoms with Gasteiger partial charge in [-0.25, -0.2) is 0 Å². The van der Waals surface area contributed by atoms with E-state index in [2.05, 4.69) is 142 Å². The van der Waals surface area contributed by atoms with Crippen LogP contribution in [0.15, 0.2) is 122 Å². The van der Waals surface area contributed by atoms with Gasteiger partial charge in [0.15, 0.2) is 6.10 Å². The molecule has 0 N–H and O–H groups in total. The second-order valence-corrected chi connectivity index (χ2v) is 21.3. The molecule has 0 saturated heterocycles. The molecule has 0 aromatic rings. The summed E-state index contributed by atoms with van der Waals surface area (Å²) in [5.41, 5.74) is 0. The molecule has 0 heterocycles. The Morgan fingerprint density at radius 3 is 0.795 bits per heavy atom. The lowest BCUT2D eigenvalue weighted by molar-refractivity contribution is -0.167. The van der Waals surface area contributed by atoms with Gasteiger partial charge < -0.3 is 14.2 Å². The maximum atomic E-state index is 12.9. The van der Waals surface area contributed by atoms with Gasteiger partial charge in [-0.05, 0) is 109 Å². The highest BCUT2D eigenvalue weighted by molar-refractivity contribution is 5.71. The predicted molar refractivity (Wildman–Crippen MR) is 339 cm³/mol. The molecule has 0 saturated carbocycles. The van der Waals surface area contributed by atoms with Gasteiger partial charge in [0.2, 0.25) is 0 Å². The third kappa shape index (κ3) is 62.7. The molecule has 0 aromatic carbocycles. The highest BCUT2D eigenvalue weighted by Crippen LogP contribution is 2.16. The van der Waals surface area contributed by atoms with Crippen LogP contribution in [0.3, 0.4) is 0 Å². The van der Waals surface area contributed by atoms with Crippen molar-refractivity contribution in [2.45, 2.75) is 303 Å². The van der Waals surface area contributed by atoms with E-state index in [4.69, 9.17) is 14.2 Å². The van der Waals surface area contributed by atoms with Gasteiger partial charge in [-0.15, -0.1) is 0 Å². The van der Waals surface area contributed by atoms with Crippen LogP contribution in [0.4, 0.5) is 0 Å². The monoisotopic (exact) mass is 1080 g/mol. The van der Waals surface area contributed by atoms with Crippen LogP contribution in [0, 0.1) is 0 Å². The van der Waals surface area contributed by atoms with Crippen molar-refractivity contribution in [3.63, 3.8) is 0 Å². The minimum atomic E-state index is -0.794. The topological polar surface area (TPSA) is 78.9 Å². The Hall–Kier alpha value is -4.19. The standard InChI is InChI=1S/C72H120O6/c1-4-7-10-13-16-19-22-25-27-29-30-31-32-33-34-35-36-37-38-39-40-41-42-43-45-47-50-53-56-59-62-65-71(74)77-68-69(67-76-70(73)64-61-58-55-52-49-46-24-21-18-15-12-9-6-3)78-72(75)66-63-60-57-54-51-48-44-28-26-23-20-17-14-11-8-5-2/h7,9-10,12,16,18-19,21,25,27,30-31,33-34,36-37,39-40,46,49,69H,4-6,8,11,13-15,17,20,22-24,26,28-29,32,35,38,41-45,47-48,50-68H2,1-3H3/b10-7-,12-9-,19-16-,21-18-,27-25-,31-30-,34-33-,37-36-,40-39-,49-46-. The van der Waals surface area contributed by atoms with E-state index >= 15 is 0 Å². The molecule has 0 bridgehead atoms. The van der Waals surface area contributed by atoms with Crippen LogP contribution >= 0.6 is 0 Å². The number of hydrogen-bond donors (Lipinski definition) is 0. The summed E-state index contributed by atoms with van der Waals surface area (Å²) in [6.45, 7) is 6.40. The number of carbonyl (C=O) groups excluding carboxylic acids is 3. The summed E-state index contributed by atoms with van der Waals surface area (Å²) >= 11 is 0. The van der Waals surface area contributed by atoms with Crippen molar-refractivity contribution in [2.75, 3.05) is 13.2 Å². The first-order valence-corrected chi connectivity index (χ1v) is 32.5. The zero-order valence-corrected chi connectivity index (χ0v) is 50.9. The first-order valence-electron chi connectivity index (χ1n) is 32.5. The Labute approximate surface area is 482 Å². The number of ether oxygens (including phenoxy) is 3. The lowest BCUT2D eigenvalue weighted by Gasteiger charge is -2.18. The predicted octanol–water partition coefficient (Wildman–Crippen LogP) is 22.4. The Balaban J connectivity index is 4.29. The molecule has 0 aliphatic rings. The van der Waals surface area contributed by atoms with E-state index in [1.807, 2.05) is 0 Å². The molecule has 0 radical (unpaired) electrons. The molecule has 0 spiro atoms. The Kier molecular flexibility index (Phi) is 61.8. The summed E-state index contributed by atoms with van der Waals surface area (Å²) in [5, 5.41) is 0. The fourth-order valence-electron chi connectivity index (χ4n) is 8.91. The van der Waals surface area contributed by atoms with Crippen LogP contribution in [0.1, 0.15) is 297 Å². The molecule has 0 amide bonds. The third-order valence-corrected chi connectivity index (χ3v) is 13.7. The van der Waals surface area contributed by atoms with Gasteiger partial charge in [0.25, 0.3) is 0 Å². The van der Waals surface area contributed by atoms with E-state index in [0.717, 1.165) is 135 Å². The number of esters is 3. The van der Waals surface area contributed by atoms with Crippen molar-refractivity contribution in [2.24, 2.45) is 0 Å². The van der Waals surface area contributed by atoms with Crippen molar-refractivity contribution in [3.8, 4) is 0 Å². The Bertz CT molecular complexity index is 1620. The highest BCUT2D eigenvalue weighted by Gasteiger charge is 2.19. The Morgan fingerprint density at radius 2 is 0.500 bits per heavy atom. The SMILES string of the molecule is CC/C=C\C/C=C\C/C=C\C/C=C\C/C=C\C/C=C\C/C=C\CCCCCCCCCCCC(=O)OCC(COC(=O)CCCCC/C=C\C/C=C\C/C=C\CC)OC(=O)CCCCCCCCCCCCCCCCCC. The molecular formula is C72H120O6. The van der Waals surface area contributed by atoms with Gasteiger partial charge in [0, 0.05) is 19.3 Å². The summed E-state index contributed by atoms with van der Waals surface area (Å²) in [6, 6.07) is 0.